The van der Waals surface area contributed by atoms with E-state index in [0.717, 1.165) is 49.9 Å². The second-order valence-corrected chi connectivity index (χ2v) is 8.57. The quantitative estimate of drug-likeness (QED) is 0.300. The van der Waals surface area contributed by atoms with Crippen LogP contribution in [0.3, 0.4) is 0 Å². The minimum absolute atomic E-state index is 0.102. The summed E-state index contributed by atoms with van der Waals surface area (Å²) in [5.41, 5.74) is 2.98. The summed E-state index contributed by atoms with van der Waals surface area (Å²) in [7, 11) is 3.46. The van der Waals surface area contributed by atoms with Crippen LogP contribution < -0.4 is 14.8 Å². The van der Waals surface area contributed by atoms with Crippen LogP contribution in [-0.4, -0.2) is 90.8 Å². The number of aromatic nitrogens is 2. The molecule has 2 aromatic carbocycles. The van der Waals surface area contributed by atoms with Gasteiger partial charge < -0.3 is 29.4 Å². The lowest BCUT2D eigenvalue weighted by atomic mass is 10.1. The van der Waals surface area contributed by atoms with Gasteiger partial charge in [0.2, 0.25) is 0 Å². The van der Waals surface area contributed by atoms with Crippen LogP contribution in [-0.2, 0) is 26.1 Å². The molecule has 0 bridgehead atoms. The molecule has 0 aliphatic carbocycles. The number of carboxylic acids is 1. The van der Waals surface area contributed by atoms with Gasteiger partial charge in [0.15, 0.2) is 0 Å². The Morgan fingerprint density at radius 3 is 2.50 bits per heavy atom. The van der Waals surface area contributed by atoms with E-state index in [1.54, 1.807) is 49.2 Å². The number of benzene rings is 2. The molecular formula is C28H34N4O8. The lowest BCUT2D eigenvalue weighted by Gasteiger charge is -2.26. The number of carboxylic acid groups (broad SMARTS) is 1. The molecule has 214 valence electrons. The topological polar surface area (TPSA) is 141 Å². The van der Waals surface area contributed by atoms with Crippen LogP contribution in [0.25, 0.3) is 11.3 Å². The third kappa shape index (κ3) is 8.82. The predicted molar refractivity (Wildman–Crippen MR) is 147 cm³/mol. The van der Waals surface area contributed by atoms with Crippen LogP contribution >= 0.6 is 0 Å². The molecule has 1 aromatic heterocycles. The molecule has 0 spiro atoms. The molecule has 1 amide bonds. The zero-order valence-electron chi connectivity index (χ0n) is 22.8. The maximum Gasteiger partial charge on any atom is 0.417 e. The number of aryl methyl sites for hydroxylation is 1. The van der Waals surface area contributed by atoms with E-state index in [2.05, 4.69) is 20.1 Å². The van der Waals surface area contributed by atoms with Crippen LogP contribution in [0.4, 0.5) is 5.69 Å². The van der Waals surface area contributed by atoms with Gasteiger partial charge in [0.05, 0.1) is 32.6 Å². The summed E-state index contributed by atoms with van der Waals surface area (Å²) >= 11 is 0. The summed E-state index contributed by atoms with van der Waals surface area (Å²) in [6.45, 7) is 6.43. The molecule has 1 saturated heterocycles. The molecule has 1 aliphatic heterocycles. The molecule has 0 unspecified atom stereocenters. The van der Waals surface area contributed by atoms with Crippen molar-refractivity contribution in [3.8, 4) is 22.8 Å². The van der Waals surface area contributed by atoms with Crippen molar-refractivity contribution in [3.05, 3.63) is 60.3 Å². The number of amides is 1. The number of methoxy groups -OCH3 is 1. The van der Waals surface area contributed by atoms with Crippen molar-refractivity contribution in [2.45, 2.75) is 6.92 Å². The van der Waals surface area contributed by atoms with Crippen LogP contribution in [0, 0.1) is 0 Å². The largest absolute Gasteiger partial charge is 0.497 e. The number of carbonyl (C=O) groups excluding carboxylic acids is 2. The Bertz CT molecular complexity index is 1290. The Labute approximate surface area is 232 Å². The lowest BCUT2D eigenvalue weighted by Crippen LogP contribution is -2.38. The monoisotopic (exact) mass is 554 g/mol. The third-order valence-electron chi connectivity index (χ3n) is 5.89. The van der Waals surface area contributed by atoms with E-state index in [9.17, 15) is 14.4 Å². The number of esters is 1. The summed E-state index contributed by atoms with van der Waals surface area (Å²) < 4.78 is 22.6. The fourth-order valence-corrected chi connectivity index (χ4v) is 3.84. The summed E-state index contributed by atoms with van der Waals surface area (Å²) in [6.07, 6.45) is 1.74. The zero-order valence-corrected chi connectivity index (χ0v) is 22.8. The maximum atomic E-state index is 12.7. The van der Waals surface area contributed by atoms with Crippen LogP contribution in [0.2, 0.25) is 0 Å². The molecule has 40 heavy (non-hydrogen) atoms. The second kappa shape index (κ2) is 15.2. The van der Waals surface area contributed by atoms with Gasteiger partial charge >= 0.3 is 11.9 Å². The van der Waals surface area contributed by atoms with Gasteiger partial charge in [-0.05, 0) is 49.4 Å². The highest BCUT2D eigenvalue weighted by molar-refractivity contribution is 6.28. The molecule has 0 radical (unpaired) electrons. The Balaban J connectivity index is 0.000000482. The number of rotatable bonds is 9. The first-order valence-electron chi connectivity index (χ1n) is 12.7. The molecule has 0 saturated carbocycles. The highest BCUT2D eigenvalue weighted by Crippen LogP contribution is 2.32. The van der Waals surface area contributed by atoms with Gasteiger partial charge in [-0.3, -0.25) is 14.4 Å². The fourth-order valence-electron chi connectivity index (χ4n) is 3.84. The highest BCUT2D eigenvalue weighted by Gasteiger charge is 2.15. The van der Waals surface area contributed by atoms with Crippen molar-refractivity contribution >= 4 is 23.5 Å². The van der Waals surface area contributed by atoms with E-state index in [1.165, 1.54) is 0 Å². The van der Waals surface area contributed by atoms with Gasteiger partial charge in [-0.2, -0.15) is 5.10 Å². The molecule has 0 atom stereocenters. The molecule has 1 aliphatic rings. The Morgan fingerprint density at radius 2 is 1.88 bits per heavy atom. The van der Waals surface area contributed by atoms with E-state index in [0.29, 0.717) is 23.6 Å². The Hall–Kier alpha value is -4.42. The number of anilines is 1. The molecule has 12 nitrogen and oxygen atoms in total. The van der Waals surface area contributed by atoms with Gasteiger partial charge in [-0.25, -0.2) is 9.59 Å². The summed E-state index contributed by atoms with van der Waals surface area (Å²) in [5.74, 6) is -1.57. The fraction of sp³-hybridized carbons (Fsp3) is 0.357. The Morgan fingerprint density at radius 1 is 1.10 bits per heavy atom. The number of morpholine rings is 1. The number of hydrogen-bond acceptors (Lipinski definition) is 9. The molecule has 12 heteroatoms. The normalized spacial score (nSPS) is 13.0. The van der Waals surface area contributed by atoms with E-state index in [4.69, 9.17) is 19.3 Å². The third-order valence-corrected chi connectivity index (χ3v) is 5.89. The van der Waals surface area contributed by atoms with Crippen molar-refractivity contribution < 1.29 is 38.4 Å². The first-order valence-corrected chi connectivity index (χ1v) is 12.7. The number of aliphatic carboxylic acids is 1. The van der Waals surface area contributed by atoms with E-state index in [1.807, 2.05) is 31.3 Å². The van der Waals surface area contributed by atoms with Gasteiger partial charge in [0.25, 0.3) is 5.91 Å². The van der Waals surface area contributed by atoms with Crippen molar-refractivity contribution in [1.29, 1.82) is 0 Å². The SMILES string of the molecule is CCOC(=O)C(=O)O.COc1cccc(C(=O)Nc2ccc(OCCN3CCOCC3)c(-c3ccnn3C)c2)c1. The summed E-state index contributed by atoms with van der Waals surface area (Å²) in [4.78, 5) is 34.6. The van der Waals surface area contributed by atoms with Crippen molar-refractivity contribution in [2.24, 2.45) is 7.05 Å². The average molecular weight is 555 g/mol. The molecule has 2 N–H and O–H groups in total. The average Bonchev–Trinajstić information content (AvgIpc) is 3.40. The number of nitrogens with zero attached hydrogens (tertiary/aromatic N) is 3. The van der Waals surface area contributed by atoms with Crippen LogP contribution in [0.1, 0.15) is 17.3 Å². The van der Waals surface area contributed by atoms with Gasteiger partial charge in [0, 0.05) is 49.7 Å². The second-order valence-electron chi connectivity index (χ2n) is 8.57. The maximum absolute atomic E-state index is 12.7. The summed E-state index contributed by atoms with van der Waals surface area (Å²) in [5, 5.41) is 15.1. The lowest BCUT2D eigenvalue weighted by molar-refractivity contribution is -0.163. The molecule has 1 fully saturated rings. The number of ether oxygens (including phenoxy) is 4. The Kier molecular flexibility index (Phi) is 11.5. The minimum atomic E-state index is -1.55. The molecule has 4 rings (SSSR count). The minimum Gasteiger partial charge on any atom is -0.497 e. The highest BCUT2D eigenvalue weighted by atomic mass is 16.6. The van der Waals surface area contributed by atoms with Crippen LogP contribution in [0.15, 0.2) is 54.7 Å². The van der Waals surface area contributed by atoms with E-state index in [-0.39, 0.29) is 12.5 Å². The van der Waals surface area contributed by atoms with Gasteiger partial charge in [-0.1, -0.05) is 6.07 Å². The molecule has 3 aromatic rings. The van der Waals surface area contributed by atoms with E-state index >= 15 is 0 Å². The van der Waals surface area contributed by atoms with Crippen LogP contribution in [0.5, 0.6) is 11.5 Å². The van der Waals surface area contributed by atoms with Crippen molar-refractivity contribution in [1.82, 2.24) is 14.7 Å². The predicted octanol–water partition coefficient (Wildman–Crippen LogP) is 2.69. The summed E-state index contributed by atoms with van der Waals surface area (Å²) in [6, 6.07) is 14.6. The van der Waals surface area contributed by atoms with Gasteiger partial charge in [0.1, 0.15) is 18.1 Å². The number of carbonyl (C=O) groups is 3. The number of hydrogen-bond donors (Lipinski definition) is 2. The van der Waals surface area contributed by atoms with E-state index < -0.39 is 11.9 Å². The first kappa shape index (κ1) is 30.1. The van der Waals surface area contributed by atoms with Crippen molar-refractivity contribution in [2.75, 3.05) is 58.5 Å². The molecule has 2 heterocycles. The van der Waals surface area contributed by atoms with Crippen molar-refractivity contribution in [3.63, 3.8) is 0 Å². The molecular weight excluding hydrogens is 520 g/mol. The smallest absolute Gasteiger partial charge is 0.417 e. The number of nitrogens with one attached hydrogen (secondary N) is 1. The van der Waals surface area contributed by atoms with Gasteiger partial charge in [-0.15, -0.1) is 0 Å². The zero-order chi connectivity index (χ0) is 28.9. The first-order chi connectivity index (χ1) is 19.3. The standard InChI is InChI=1S/C24H28N4O4.C4H6O4/c1-27-22(8-9-25-27)21-17-19(26-24(29)18-4-3-5-20(16-18)30-2)6-7-23(21)32-15-12-28-10-13-31-14-11-28;1-2-8-4(7)3(5)6/h3-9,16-17H,10-15H2,1-2H3,(H,26,29);2H2,1H3,(H,5,6).